The molecular weight excluding hydrogens is 330 g/mol. The molecule has 2 heterocycles. The molecule has 0 aliphatic rings. The molecule has 0 saturated heterocycles. The minimum atomic E-state index is -3.42. The predicted molar refractivity (Wildman–Crippen MR) is 77.3 cm³/mol. The number of sulfonamides is 1. The first-order valence-electron chi connectivity index (χ1n) is 5.57. The summed E-state index contributed by atoms with van der Waals surface area (Å²) in [6, 6.07) is 7.05. The van der Waals surface area contributed by atoms with Crippen LogP contribution in [-0.2, 0) is 16.4 Å². The van der Waals surface area contributed by atoms with Crippen molar-refractivity contribution in [2.24, 2.45) is 0 Å². The van der Waals surface area contributed by atoms with E-state index in [1.165, 1.54) is 6.20 Å². The molecule has 2 aromatic rings. The van der Waals surface area contributed by atoms with Gasteiger partial charge in [-0.2, -0.15) is 0 Å². The predicted octanol–water partition coefficient (Wildman–Crippen LogP) is 2.22. The molecule has 0 aromatic carbocycles. The van der Waals surface area contributed by atoms with Crippen molar-refractivity contribution in [3.05, 3.63) is 52.9 Å². The van der Waals surface area contributed by atoms with Gasteiger partial charge in [0.25, 0.3) is 0 Å². The Morgan fingerprint density at radius 3 is 2.58 bits per heavy atom. The average Bonchev–Trinajstić information content (AvgIpc) is 2.40. The van der Waals surface area contributed by atoms with E-state index < -0.39 is 10.0 Å². The summed E-state index contributed by atoms with van der Waals surface area (Å²) in [6.45, 7) is 0. The van der Waals surface area contributed by atoms with Crippen LogP contribution in [0.15, 0.2) is 47.3 Å². The third-order valence-corrected chi connectivity index (χ3v) is 4.31. The molecule has 5 nitrogen and oxygen atoms in total. The number of aryl methyl sites for hydroxylation is 1. The summed E-state index contributed by atoms with van der Waals surface area (Å²) in [7, 11) is -3.42. The lowest BCUT2D eigenvalue weighted by Crippen LogP contribution is -2.19. The second-order valence-corrected chi connectivity index (χ2v) is 6.56. The van der Waals surface area contributed by atoms with Crippen LogP contribution >= 0.6 is 15.9 Å². The Kier molecular flexibility index (Phi) is 4.49. The van der Waals surface area contributed by atoms with Gasteiger partial charge in [0.1, 0.15) is 0 Å². The van der Waals surface area contributed by atoms with Crippen molar-refractivity contribution < 1.29 is 8.42 Å². The zero-order valence-corrected chi connectivity index (χ0v) is 12.4. The van der Waals surface area contributed by atoms with Crippen LogP contribution in [0.3, 0.4) is 0 Å². The van der Waals surface area contributed by atoms with Crippen molar-refractivity contribution in [2.75, 3.05) is 10.5 Å². The average molecular weight is 342 g/mol. The van der Waals surface area contributed by atoms with E-state index in [0.717, 1.165) is 5.56 Å². The second kappa shape index (κ2) is 6.12. The summed E-state index contributed by atoms with van der Waals surface area (Å²) in [5.41, 5.74) is 0.931. The van der Waals surface area contributed by atoms with Crippen LogP contribution in [0.1, 0.15) is 5.56 Å². The van der Waals surface area contributed by atoms with Crippen LogP contribution < -0.4 is 4.72 Å². The van der Waals surface area contributed by atoms with Crippen molar-refractivity contribution in [3.8, 4) is 0 Å². The van der Waals surface area contributed by atoms with Gasteiger partial charge >= 0.3 is 0 Å². The molecule has 0 spiro atoms. The summed E-state index contributed by atoms with van der Waals surface area (Å²) < 4.78 is 26.9. The number of nitrogens with zero attached hydrogens (tertiary/aromatic N) is 2. The van der Waals surface area contributed by atoms with Crippen molar-refractivity contribution in [1.82, 2.24) is 9.97 Å². The number of hydrogen-bond acceptors (Lipinski definition) is 4. The third kappa shape index (κ3) is 4.29. The zero-order chi connectivity index (χ0) is 13.7. The number of rotatable bonds is 5. The third-order valence-electron chi connectivity index (χ3n) is 2.42. The fraction of sp³-hybridized carbons (Fsp3) is 0.167. The first-order chi connectivity index (χ1) is 9.07. The highest BCUT2D eigenvalue weighted by molar-refractivity contribution is 9.10. The first-order valence-corrected chi connectivity index (χ1v) is 8.01. The molecule has 0 fully saturated rings. The lowest BCUT2D eigenvalue weighted by Gasteiger charge is -2.08. The summed E-state index contributed by atoms with van der Waals surface area (Å²) in [6.07, 6.45) is 5.25. The van der Waals surface area contributed by atoms with E-state index in [2.05, 4.69) is 30.6 Å². The largest absolute Gasteiger partial charge is 0.266 e. The molecule has 100 valence electrons. The summed E-state index contributed by atoms with van der Waals surface area (Å²) in [4.78, 5) is 7.86. The molecule has 0 radical (unpaired) electrons. The van der Waals surface area contributed by atoms with Gasteiger partial charge in [-0.3, -0.25) is 9.71 Å². The fourth-order valence-electron chi connectivity index (χ4n) is 1.46. The van der Waals surface area contributed by atoms with Crippen LogP contribution in [0.4, 0.5) is 5.82 Å². The number of hydrogen-bond donors (Lipinski definition) is 1. The molecule has 1 N–H and O–H groups in total. The lowest BCUT2D eigenvalue weighted by atomic mass is 10.2. The Hall–Kier alpha value is -1.47. The second-order valence-electron chi connectivity index (χ2n) is 3.86. The molecule has 7 heteroatoms. The Labute approximate surface area is 120 Å². The Morgan fingerprint density at radius 1 is 1.16 bits per heavy atom. The minimum Gasteiger partial charge on any atom is -0.266 e. The molecule has 0 saturated carbocycles. The van der Waals surface area contributed by atoms with Crippen LogP contribution in [0, 0.1) is 0 Å². The highest BCUT2D eigenvalue weighted by atomic mass is 79.9. The van der Waals surface area contributed by atoms with Crippen molar-refractivity contribution in [2.45, 2.75) is 6.42 Å². The number of halogens is 1. The zero-order valence-electron chi connectivity index (χ0n) is 9.95. The number of aromatic nitrogens is 2. The van der Waals surface area contributed by atoms with Gasteiger partial charge in [0, 0.05) is 18.6 Å². The van der Waals surface area contributed by atoms with Crippen LogP contribution in [-0.4, -0.2) is 24.1 Å². The Morgan fingerprint density at radius 2 is 1.89 bits per heavy atom. The van der Waals surface area contributed by atoms with E-state index in [1.54, 1.807) is 36.7 Å². The molecule has 0 bridgehead atoms. The van der Waals surface area contributed by atoms with Gasteiger partial charge in [0.05, 0.1) is 10.2 Å². The van der Waals surface area contributed by atoms with Crippen molar-refractivity contribution in [3.63, 3.8) is 0 Å². The molecular formula is C12H12BrN3O2S. The first kappa shape index (κ1) is 14.0. The van der Waals surface area contributed by atoms with Gasteiger partial charge in [-0.1, -0.05) is 0 Å². The van der Waals surface area contributed by atoms with Crippen LogP contribution in [0.25, 0.3) is 0 Å². The SMILES string of the molecule is O=S(=O)(CCc1ccncc1)Nc1ncccc1Br. The minimum absolute atomic E-state index is 0.0000274. The molecule has 0 atom stereocenters. The van der Waals surface area contributed by atoms with Gasteiger partial charge in [-0.05, 0) is 52.2 Å². The maximum Gasteiger partial charge on any atom is 0.234 e. The topological polar surface area (TPSA) is 72.0 Å². The smallest absolute Gasteiger partial charge is 0.234 e. The molecule has 2 aromatic heterocycles. The molecule has 2 rings (SSSR count). The molecule has 0 unspecified atom stereocenters. The van der Waals surface area contributed by atoms with Crippen molar-refractivity contribution in [1.29, 1.82) is 0 Å². The van der Waals surface area contributed by atoms with E-state index in [-0.39, 0.29) is 5.75 Å². The number of pyridine rings is 2. The standard InChI is InChI=1S/C12H12BrN3O2S/c13-11-2-1-6-15-12(11)16-19(17,18)9-5-10-3-7-14-8-4-10/h1-4,6-8H,5,9H2,(H,15,16). The number of anilines is 1. The Bertz CT molecular complexity index is 647. The van der Waals surface area contributed by atoms with Crippen LogP contribution in [0.2, 0.25) is 0 Å². The summed E-state index contributed by atoms with van der Waals surface area (Å²) >= 11 is 3.25. The quantitative estimate of drug-likeness (QED) is 0.904. The summed E-state index contributed by atoms with van der Waals surface area (Å²) in [5.74, 6) is 0.303. The maximum absolute atomic E-state index is 11.9. The highest BCUT2D eigenvalue weighted by Gasteiger charge is 2.13. The van der Waals surface area contributed by atoms with E-state index >= 15 is 0 Å². The van der Waals surface area contributed by atoms with E-state index in [4.69, 9.17) is 0 Å². The molecule has 19 heavy (non-hydrogen) atoms. The van der Waals surface area contributed by atoms with Gasteiger partial charge in [-0.15, -0.1) is 0 Å². The van der Waals surface area contributed by atoms with Gasteiger partial charge in [-0.25, -0.2) is 13.4 Å². The number of nitrogens with one attached hydrogen (secondary N) is 1. The highest BCUT2D eigenvalue weighted by Crippen LogP contribution is 2.19. The van der Waals surface area contributed by atoms with E-state index in [1.807, 2.05) is 0 Å². The molecule has 0 amide bonds. The van der Waals surface area contributed by atoms with Crippen LogP contribution in [0.5, 0.6) is 0 Å². The monoisotopic (exact) mass is 341 g/mol. The fourth-order valence-corrected chi connectivity index (χ4v) is 3.01. The van der Waals surface area contributed by atoms with Gasteiger partial charge in [0.15, 0.2) is 5.82 Å². The molecule has 0 aliphatic heterocycles. The maximum atomic E-state index is 11.9. The van der Waals surface area contributed by atoms with E-state index in [9.17, 15) is 8.42 Å². The van der Waals surface area contributed by atoms with Crippen molar-refractivity contribution >= 4 is 31.8 Å². The van der Waals surface area contributed by atoms with E-state index in [0.29, 0.717) is 16.7 Å². The Balaban J connectivity index is 2.02. The normalized spacial score (nSPS) is 11.2. The van der Waals surface area contributed by atoms with Gasteiger partial charge < -0.3 is 0 Å². The van der Waals surface area contributed by atoms with Gasteiger partial charge in [0.2, 0.25) is 10.0 Å². The molecule has 0 aliphatic carbocycles. The lowest BCUT2D eigenvalue weighted by molar-refractivity contribution is 0.600. The summed E-state index contributed by atoms with van der Waals surface area (Å²) in [5, 5.41) is 0.